The zero-order valence-electron chi connectivity index (χ0n) is 15.4. The van der Waals surface area contributed by atoms with E-state index in [1.807, 2.05) is 0 Å². The van der Waals surface area contributed by atoms with E-state index in [-0.39, 0.29) is 12.6 Å². The van der Waals surface area contributed by atoms with Gasteiger partial charge in [-0.05, 0) is 13.3 Å². The summed E-state index contributed by atoms with van der Waals surface area (Å²) in [6.45, 7) is 14.7. The van der Waals surface area contributed by atoms with Gasteiger partial charge in [0, 0.05) is 13.8 Å². The Labute approximate surface area is 145 Å². The molecule has 0 aromatic heterocycles. The molecule has 0 aliphatic rings. The number of carboxylic acids is 1. The van der Waals surface area contributed by atoms with Gasteiger partial charge in [-0.3, -0.25) is 9.59 Å². The fourth-order valence-electron chi connectivity index (χ4n) is 0.595. The molecular weight excluding hydrogens is 316 g/mol. The van der Waals surface area contributed by atoms with E-state index < -0.39 is 12.1 Å². The van der Waals surface area contributed by atoms with Crippen molar-refractivity contribution in [1.82, 2.24) is 0 Å². The molecule has 7 heteroatoms. The topological polar surface area (TPSA) is 113 Å². The Balaban J connectivity index is -0.000000115. The number of unbranched alkanes of at least 4 members (excludes halogenated alkanes) is 1. The first-order valence-electron chi connectivity index (χ1n) is 7.60. The van der Waals surface area contributed by atoms with Crippen molar-refractivity contribution in [1.29, 1.82) is 0 Å². The monoisotopic (exact) mass is 350 g/mol. The van der Waals surface area contributed by atoms with E-state index in [0.717, 1.165) is 19.8 Å². The molecule has 7 nitrogen and oxygen atoms in total. The van der Waals surface area contributed by atoms with Crippen LogP contribution in [0.1, 0.15) is 40.5 Å². The Morgan fingerprint density at radius 2 is 1.54 bits per heavy atom. The first-order chi connectivity index (χ1) is 11.2. The highest BCUT2D eigenvalue weighted by molar-refractivity contribution is 5.65. The molecule has 3 N–H and O–H groups in total. The molecule has 0 aliphatic carbocycles. The molecule has 0 saturated carbocycles. The molecule has 0 aromatic carbocycles. The third-order valence-electron chi connectivity index (χ3n) is 1.54. The molecule has 1 atom stereocenters. The van der Waals surface area contributed by atoms with Crippen LogP contribution >= 0.6 is 0 Å². The standard InChI is InChI=1S/C6H12O2.C6H10O.C3H8O2.C2H4O2/c1-3-4-5-8-6(2)7;1-3-5-7-6-4-2;1-3(5)2-4;1-2(3)4/h3-5H2,1-2H3;3-4H,1-2,5-6H2;3-5H,2H2,1H3;1H3,(H,3,4). The van der Waals surface area contributed by atoms with Crippen LogP contribution in [0.15, 0.2) is 25.3 Å². The van der Waals surface area contributed by atoms with E-state index in [2.05, 4.69) is 24.8 Å². The molecule has 0 fully saturated rings. The molecule has 0 heterocycles. The van der Waals surface area contributed by atoms with Gasteiger partial charge in [0.05, 0.1) is 32.5 Å². The molecule has 144 valence electrons. The minimum Gasteiger partial charge on any atom is -0.481 e. The fraction of sp³-hybridized carbons (Fsp3) is 0.647. The molecule has 0 amide bonds. The number of aliphatic hydroxyl groups excluding tert-OH is 2. The van der Waals surface area contributed by atoms with Crippen LogP contribution in [0.5, 0.6) is 0 Å². The maximum absolute atomic E-state index is 10.1. The quantitative estimate of drug-likeness (QED) is 0.349. The van der Waals surface area contributed by atoms with Crippen LogP contribution in [0.2, 0.25) is 0 Å². The van der Waals surface area contributed by atoms with Crippen LogP contribution in [0.3, 0.4) is 0 Å². The Morgan fingerprint density at radius 3 is 1.75 bits per heavy atom. The van der Waals surface area contributed by atoms with Crippen LogP contribution in [-0.4, -0.2) is 59.8 Å². The number of esters is 1. The molecular formula is C17H34O7. The number of aliphatic hydroxyl groups is 2. The van der Waals surface area contributed by atoms with Crippen LogP contribution < -0.4 is 0 Å². The minimum atomic E-state index is -0.833. The van der Waals surface area contributed by atoms with Gasteiger partial charge in [-0.1, -0.05) is 25.5 Å². The van der Waals surface area contributed by atoms with Crippen LogP contribution in [0, 0.1) is 0 Å². The summed E-state index contributed by atoms with van der Waals surface area (Å²) in [5.74, 6) is -1.02. The van der Waals surface area contributed by atoms with Crippen molar-refractivity contribution in [2.75, 3.05) is 26.4 Å². The normalized spacial score (nSPS) is 9.42. The van der Waals surface area contributed by atoms with E-state index in [1.165, 1.54) is 13.8 Å². The maximum Gasteiger partial charge on any atom is 0.302 e. The number of carbonyl (C=O) groups excluding carboxylic acids is 1. The summed E-state index contributed by atoms with van der Waals surface area (Å²) in [5.41, 5.74) is 0. The average molecular weight is 350 g/mol. The van der Waals surface area contributed by atoms with Gasteiger partial charge in [-0.25, -0.2) is 0 Å². The van der Waals surface area contributed by atoms with E-state index in [0.29, 0.717) is 19.8 Å². The van der Waals surface area contributed by atoms with Crippen molar-refractivity contribution in [3.8, 4) is 0 Å². The molecule has 24 heavy (non-hydrogen) atoms. The number of aliphatic carboxylic acids is 1. The third kappa shape index (κ3) is 87.4. The van der Waals surface area contributed by atoms with E-state index in [1.54, 1.807) is 12.2 Å². The molecule has 0 aliphatic heterocycles. The van der Waals surface area contributed by atoms with Crippen molar-refractivity contribution in [3.63, 3.8) is 0 Å². The second-order valence-electron chi connectivity index (χ2n) is 4.36. The lowest BCUT2D eigenvalue weighted by Gasteiger charge is -1.96. The predicted molar refractivity (Wildman–Crippen MR) is 94.8 cm³/mol. The number of rotatable bonds is 8. The molecule has 0 rings (SSSR count). The van der Waals surface area contributed by atoms with Crippen LogP contribution in [-0.2, 0) is 19.1 Å². The Kier molecular flexibility index (Phi) is 36.9. The summed E-state index contributed by atoms with van der Waals surface area (Å²) in [7, 11) is 0. The lowest BCUT2D eigenvalue weighted by molar-refractivity contribution is -0.141. The first-order valence-corrected chi connectivity index (χ1v) is 7.60. The highest BCUT2D eigenvalue weighted by Crippen LogP contribution is 1.86. The highest BCUT2D eigenvalue weighted by Gasteiger charge is 1.88. The summed E-state index contributed by atoms with van der Waals surface area (Å²) >= 11 is 0. The Bertz CT molecular complexity index is 277. The highest BCUT2D eigenvalue weighted by atomic mass is 16.5. The Hall–Kier alpha value is -1.70. The first kappa shape index (κ1) is 30.2. The van der Waals surface area contributed by atoms with Gasteiger partial charge in [-0.15, -0.1) is 13.2 Å². The smallest absolute Gasteiger partial charge is 0.302 e. The van der Waals surface area contributed by atoms with Crippen molar-refractivity contribution >= 4 is 11.9 Å². The largest absolute Gasteiger partial charge is 0.481 e. The average Bonchev–Trinajstić information content (AvgIpc) is 2.48. The number of ether oxygens (including phenoxy) is 2. The summed E-state index contributed by atoms with van der Waals surface area (Å²) in [5, 5.41) is 23.4. The van der Waals surface area contributed by atoms with Gasteiger partial charge in [-0.2, -0.15) is 0 Å². The summed E-state index contributed by atoms with van der Waals surface area (Å²) in [6.07, 6.45) is 4.91. The van der Waals surface area contributed by atoms with Gasteiger partial charge in [0.1, 0.15) is 0 Å². The van der Waals surface area contributed by atoms with Gasteiger partial charge in [0.25, 0.3) is 5.97 Å². The van der Waals surface area contributed by atoms with Gasteiger partial charge >= 0.3 is 5.97 Å². The summed E-state index contributed by atoms with van der Waals surface area (Å²) < 4.78 is 9.54. The second-order valence-corrected chi connectivity index (χ2v) is 4.36. The predicted octanol–water partition coefficient (Wildman–Crippen LogP) is 2.17. The lowest BCUT2D eigenvalue weighted by Crippen LogP contribution is -2.03. The van der Waals surface area contributed by atoms with Crippen LogP contribution in [0.25, 0.3) is 0 Å². The summed E-state index contributed by atoms with van der Waals surface area (Å²) in [6, 6.07) is 0. The van der Waals surface area contributed by atoms with Crippen molar-refractivity contribution in [2.45, 2.75) is 46.6 Å². The third-order valence-corrected chi connectivity index (χ3v) is 1.54. The number of carboxylic acid groups (broad SMARTS) is 1. The molecule has 0 bridgehead atoms. The van der Waals surface area contributed by atoms with Gasteiger partial charge in [0.15, 0.2) is 0 Å². The van der Waals surface area contributed by atoms with E-state index >= 15 is 0 Å². The van der Waals surface area contributed by atoms with Crippen LogP contribution in [0.4, 0.5) is 0 Å². The second kappa shape index (κ2) is 29.3. The summed E-state index contributed by atoms with van der Waals surface area (Å²) in [4.78, 5) is 19.1. The maximum atomic E-state index is 10.1. The van der Waals surface area contributed by atoms with Crippen molar-refractivity contribution in [3.05, 3.63) is 25.3 Å². The molecule has 0 saturated heterocycles. The van der Waals surface area contributed by atoms with Gasteiger partial charge < -0.3 is 24.8 Å². The van der Waals surface area contributed by atoms with Crippen molar-refractivity contribution in [2.24, 2.45) is 0 Å². The Morgan fingerprint density at radius 1 is 1.17 bits per heavy atom. The molecule has 0 aromatic rings. The molecule has 0 spiro atoms. The SMILES string of the molecule is C=CCOCC=C.CC(=O)O.CC(O)CO.CCCCOC(C)=O. The minimum absolute atomic E-state index is 0.139. The molecule has 0 radical (unpaired) electrons. The molecule has 1 unspecified atom stereocenters. The van der Waals surface area contributed by atoms with E-state index in [9.17, 15) is 4.79 Å². The van der Waals surface area contributed by atoms with Gasteiger partial charge in [0.2, 0.25) is 0 Å². The van der Waals surface area contributed by atoms with E-state index in [4.69, 9.17) is 24.9 Å². The lowest BCUT2D eigenvalue weighted by atomic mass is 10.4. The number of hydrogen-bond donors (Lipinski definition) is 3. The number of carbonyl (C=O) groups is 2. The number of hydrogen-bond acceptors (Lipinski definition) is 6. The van der Waals surface area contributed by atoms with Crippen molar-refractivity contribution < 1.29 is 34.4 Å². The zero-order valence-corrected chi connectivity index (χ0v) is 15.4. The fourth-order valence-corrected chi connectivity index (χ4v) is 0.595. The zero-order chi connectivity index (χ0) is 19.8.